The van der Waals surface area contributed by atoms with Crippen molar-refractivity contribution < 1.29 is 37.1 Å². The summed E-state index contributed by atoms with van der Waals surface area (Å²) in [7, 11) is 0. The van der Waals surface area contributed by atoms with Gasteiger partial charge in [0.2, 0.25) is 0 Å². The third-order valence-corrected chi connectivity index (χ3v) is 5.61. The Labute approximate surface area is 171 Å². The number of carbonyl (C=O) groups is 2. The number of carboxylic acid groups (broad SMARTS) is 1. The number of fused-ring (bicyclic) bond motifs is 1. The molecule has 8 nitrogen and oxygen atoms in total. The molecule has 1 aromatic rings. The second-order valence-electron chi connectivity index (χ2n) is 8.08. The molecule has 3 fully saturated rings. The van der Waals surface area contributed by atoms with E-state index in [0.717, 1.165) is 32.0 Å². The van der Waals surface area contributed by atoms with Gasteiger partial charge in [-0.2, -0.15) is 13.2 Å². The van der Waals surface area contributed by atoms with Gasteiger partial charge in [0.05, 0.1) is 18.3 Å². The van der Waals surface area contributed by atoms with Crippen LogP contribution in [-0.4, -0.2) is 71.6 Å². The number of rotatable bonds is 4. The van der Waals surface area contributed by atoms with Crippen molar-refractivity contribution in [3.05, 3.63) is 17.5 Å². The number of likely N-dealkylation sites (tertiary alicyclic amines) is 1. The number of alkyl halides is 3. The minimum absolute atomic E-state index is 0.0506. The summed E-state index contributed by atoms with van der Waals surface area (Å²) in [4.78, 5) is 23.9. The first kappa shape index (κ1) is 22.5. The van der Waals surface area contributed by atoms with E-state index in [1.807, 2.05) is 0 Å². The van der Waals surface area contributed by atoms with E-state index in [9.17, 15) is 18.0 Å². The number of piperidine rings is 1. The highest BCUT2D eigenvalue weighted by Gasteiger charge is 2.41. The minimum Gasteiger partial charge on any atom is -0.475 e. The number of aromatic nitrogens is 1. The first-order valence-corrected chi connectivity index (χ1v) is 10.0. The summed E-state index contributed by atoms with van der Waals surface area (Å²) in [6.07, 6.45) is 1.60. The molecule has 0 radical (unpaired) electrons. The van der Waals surface area contributed by atoms with Gasteiger partial charge >= 0.3 is 12.1 Å². The quantitative estimate of drug-likeness (QED) is 0.750. The molecule has 11 heteroatoms. The molecule has 0 bridgehead atoms. The maximum atomic E-state index is 12.5. The van der Waals surface area contributed by atoms with Gasteiger partial charge in [0.15, 0.2) is 0 Å². The van der Waals surface area contributed by atoms with E-state index in [2.05, 4.69) is 15.4 Å². The third kappa shape index (κ3) is 5.94. The molecule has 0 aromatic carbocycles. The molecule has 3 aliphatic rings. The van der Waals surface area contributed by atoms with E-state index in [1.165, 1.54) is 32.0 Å². The Balaban J connectivity index is 0.000000318. The molecule has 1 saturated carbocycles. The van der Waals surface area contributed by atoms with Gasteiger partial charge in [-0.25, -0.2) is 4.79 Å². The van der Waals surface area contributed by atoms with Crippen LogP contribution < -0.4 is 5.32 Å². The number of hydrogen-bond donors (Lipinski definition) is 2. The van der Waals surface area contributed by atoms with Crippen molar-refractivity contribution in [1.82, 2.24) is 15.4 Å². The lowest BCUT2D eigenvalue weighted by Crippen LogP contribution is -2.61. The molecule has 30 heavy (non-hydrogen) atoms. The fourth-order valence-electron chi connectivity index (χ4n) is 4.00. The highest BCUT2D eigenvalue weighted by Crippen LogP contribution is 2.34. The zero-order valence-corrected chi connectivity index (χ0v) is 16.7. The lowest BCUT2D eigenvalue weighted by molar-refractivity contribution is -0.192. The standard InChI is InChI=1S/C17H25N3O3.C2HF3O2/c1-11-14(7-18-23-11)17(21)19-15-10-20(8-12-4-5-12)9-13-3-2-6-22-16(13)15;3-2(4,5)1(6)7/h7,12-13,15-16H,2-6,8-10H2,1H3,(H,19,21);(H,6,7)/t13-,15+,16-;/m0./s1. The Kier molecular flexibility index (Phi) is 7.02. The summed E-state index contributed by atoms with van der Waals surface area (Å²) < 4.78 is 42.8. The van der Waals surface area contributed by atoms with Gasteiger partial charge in [-0.3, -0.25) is 4.79 Å². The lowest BCUT2D eigenvalue weighted by Gasteiger charge is -2.46. The number of aliphatic carboxylic acids is 1. The zero-order valence-electron chi connectivity index (χ0n) is 16.7. The van der Waals surface area contributed by atoms with E-state index in [4.69, 9.17) is 19.2 Å². The Morgan fingerprint density at radius 1 is 1.30 bits per heavy atom. The molecule has 0 unspecified atom stereocenters. The van der Waals surface area contributed by atoms with Crippen molar-refractivity contribution in [2.75, 3.05) is 26.2 Å². The smallest absolute Gasteiger partial charge is 0.475 e. The lowest BCUT2D eigenvalue weighted by atomic mass is 9.85. The molecular weight excluding hydrogens is 407 g/mol. The Bertz CT molecular complexity index is 750. The van der Waals surface area contributed by atoms with Crippen LogP contribution in [0.5, 0.6) is 0 Å². The van der Waals surface area contributed by atoms with Gasteiger partial charge in [0, 0.05) is 26.2 Å². The van der Waals surface area contributed by atoms with Crippen LogP contribution in [-0.2, 0) is 9.53 Å². The Morgan fingerprint density at radius 3 is 2.57 bits per heavy atom. The maximum Gasteiger partial charge on any atom is 0.490 e. The van der Waals surface area contributed by atoms with Gasteiger partial charge in [0.25, 0.3) is 5.91 Å². The number of aryl methyl sites for hydroxylation is 1. The number of carboxylic acids is 1. The molecule has 1 amide bonds. The molecule has 1 aromatic heterocycles. The molecule has 3 atom stereocenters. The number of amides is 1. The molecule has 2 aliphatic heterocycles. The highest BCUT2D eigenvalue weighted by molar-refractivity contribution is 5.95. The van der Waals surface area contributed by atoms with E-state index in [0.29, 0.717) is 17.2 Å². The number of nitrogens with zero attached hydrogens (tertiary/aromatic N) is 2. The summed E-state index contributed by atoms with van der Waals surface area (Å²) in [6, 6.07) is 0.0506. The Hall–Kier alpha value is -2.14. The SMILES string of the molecule is Cc1oncc1C(=O)N[C@@H]1CN(CC2CC2)C[C@@H]2CCCO[C@@H]21.O=C(O)C(F)(F)F. The number of carbonyl (C=O) groups excluding carboxylic acids is 1. The van der Waals surface area contributed by atoms with Gasteiger partial charge in [0.1, 0.15) is 11.3 Å². The van der Waals surface area contributed by atoms with Crippen LogP contribution in [0.25, 0.3) is 0 Å². The number of ether oxygens (including phenoxy) is 1. The molecule has 1 aliphatic carbocycles. The van der Waals surface area contributed by atoms with E-state index in [1.54, 1.807) is 6.92 Å². The fraction of sp³-hybridized carbons (Fsp3) is 0.737. The predicted molar refractivity (Wildman–Crippen MR) is 97.8 cm³/mol. The van der Waals surface area contributed by atoms with Crippen molar-refractivity contribution in [3.8, 4) is 0 Å². The van der Waals surface area contributed by atoms with Crippen LogP contribution >= 0.6 is 0 Å². The number of nitrogens with one attached hydrogen (secondary N) is 1. The van der Waals surface area contributed by atoms with E-state index < -0.39 is 12.1 Å². The van der Waals surface area contributed by atoms with E-state index >= 15 is 0 Å². The van der Waals surface area contributed by atoms with Gasteiger partial charge in [-0.15, -0.1) is 0 Å². The van der Waals surface area contributed by atoms with Crippen molar-refractivity contribution >= 4 is 11.9 Å². The molecule has 168 valence electrons. The molecule has 0 spiro atoms. The summed E-state index contributed by atoms with van der Waals surface area (Å²) in [6.45, 7) is 5.74. The Morgan fingerprint density at radius 2 is 2.00 bits per heavy atom. The minimum atomic E-state index is -5.08. The van der Waals surface area contributed by atoms with Crippen LogP contribution in [0, 0.1) is 18.8 Å². The van der Waals surface area contributed by atoms with Crippen LogP contribution in [0.1, 0.15) is 41.8 Å². The van der Waals surface area contributed by atoms with Crippen molar-refractivity contribution in [2.45, 2.75) is 50.9 Å². The topological polar surface area (TPSA) is 105 Å². The zero-order chi connectivity index (χ0) is 21.9. The third-order valence-electron chi connectivity index (χ3n) is 5.61. The second kappa shape index (κ2) is 9.34. The number of halogens is 3. The summed E-state index contributed by atoms with van der Waals surface area (Å²) >= 11 is 0. The molecule has 2 saturated heterocycles. The van der Waals surface area contributed by atoms with E-state index in [-0.39, 0.29) is 18.1 Å². The van der Waals surface area contributed by atoms with Gasteiger partial charge < -0.3 is 24.6 Å². The van der Waals surface area contributed by atoms with Crippen molar-refractivity contribution in [3.63, 3.8) is 0 Å². The molecular formula is C19H26F3N3O5. The summed E-state index contributed by atoms with van der Waals surface area (Å²) in [5.41, 5.74) is 0.525. The number of hydrogen-bond acceptors (Lipinski definition) is 6. The summed E-state index contributed by atoms with van der Waals surface area (Å²) in [5, 5.41) is 14.0. The van der Waals surface area contributed by atoms with Crippen molar-refractivity contribution in [1.29, 1.82) is 0 Å². The average Bonchev–Trinajstić information content (AvgIpc) is 3.38. The highest BCUT2D eigenvalue weighted by atomic mass is 19.4. The summed E-state index contributed by atoms with van der Waals surface area (Å²) in [5.74, 6) is -0.894. The largest absolute Gasteiger partial charge is 0.490 e. The normalized spacial score (nSPS) is 26.9. The van der Waals surface area contributed by atoms with Crippen LogP contribution in [0.15, 0.2) is 10.7 Å². The molecule has 2 N–H and O–H groups in total. The average molecular weight is 433 g/mol. The van der Waals surface area contributed by atoms with Gasteiger partial charge in [-0.05, 0) is 44.4 Å². The van der Waals surface area contributed by atoms with Crippen LogP contribution in [0.2, 0.25) is 0 Å². The molecule has 4 rings (SSSR count). The predicted octanol–water partition coefficient (Wildman–Crippen LogP) is 2.24. The first-order valence-electron chi connectivity index (χ1n) is 10.0. The maximum absolute atomic E-state index is 12.5. The van der Waals surface area contributed by atoms with Crippen LogP contribution in [0.3, 0.4) is 0 Å². The second-order valence-corrected chi connectivity index (χ2v) is 8.08. The monoisotopic (exact) mass is 433 g/mol. The molecule has 3 heterocycles. The van der Waals surface area contributed by atoms with Crippen LogP contribution in [0.4, 0.5) is 13.2 Å². The van der Waals surface area contributed by atoms with Gasteiger partial charge in [-0.1, -0.05) is 5.16 Å². The van der Waals surface area contributed by atoms with Crippen molar-refractivity contribution in [2.24, 2.45) is 11.8 Å². The fourth-order valence-corrected chi connectivity index (χ4v) is 4.00. The first-order chi connectivity index (χ1) is 14.1.